The number of amides is 1. The summed E-state index contributed by atoms with van der Waals surface area (Å²) in [5.41, 5.74) is 1.11. The Kier molecular flexibility index (Phi) is 4.99. The van der Waals surface area contributed by atoms with Gasteiger partial charge in [-0.3, -0.25) is 4.79 Å². The lowest BCUT2D eigenvalue weighted by atomic mass is 10.1. The number of carbonyl (C=O) groups is 1. The van der Waals surface area contributed by atoms with Gasteiger partial charge in [-0.25, -0.2) is 0 Å². The summed E-state index contributed by atoms with van der Waals surface area (Å²) in [4.78, 5) is 15.1. The van der Waals surface area contributed by atoms with Crippen molar-refractivity contribution in [2.75, 3.05) is 32.1 Å². The maximum absolute atomic E-state index is 11.7. The van der Waals surface area contributed by atoms with Crippen LogP contribution in [-0.2, 0) is 4.79 Å². The van der Waals surface area contributed by atoms with Gasteiger partial charge in [0.05, 0.1) is 22.8 Å². The van der Waals surface area contributed by atoms with Crippen molar-refractivity contribution in [2.45, 2.75) is 6.92 Å². The lowest BCUT2D eigenvalue weighted by Gasteiger charge is -2.25. The fraction of sp³-hybridized carbons (Fsp3) is 0.385. The van der Waals surface area contributed by atoms with Gasteiger partial charge in [0.1, 0.15) is 6.07 Å². The summed E-state index contributed by atoms with van der Waals surface area (Å²) in [5.74, 6) is -0.0132. The number of hydrogen-bond acceptors (Lipinski definition) is 3. The first kappa shape index (κ1) is 14.3. The third-order valence-electron chi connectivity index (χ3n) is 2.65. The molecule has 1 aromatic rings. The number of hydrogen-bond donors (Lipinski definition) is 0. The van der Waals surface area contributed by atoms with Gasteiger partial charge in [0.25, 0.3) is 0 Å². The van der Waals surface area contributed by atoms with Crippen LogP contribution in [0.1, 0.15) is 12.5 Å². The van der Waals surface area contributed by atoms with Gasteiger partial charge in [-0.1, -0.05) is 17.7 Å². The van der Waals surface area contributed by atoms with Crippen LogP contribution in [0.5, 0.6) is 0 Å². The Balaban J connectivity index is 3.07. The Labute approximate surface area is 112 Å². The Morgan fingerprint density at radius 3 is 2.61 bits per heavy atom. The number of benzene rings is 1. The van der Waals surface area contributed by atoms with E-state index in [4.69, 9.17) is 16.9 Å². The van der Waals surface area contributed by atoms with Gasteiger partial charge in [-0.15, -0.1) is 0 Å². The normalized spacial score (nSPS) is 9.72. The van der Waals surface area contributed by atoms with E-state index in [1.807, 2.05) is 11.8 Å². The predicted octanol–water partition coefficient (Wildman–Crippen LogP) is 2.13. The number of anilines is 1. The van der Waals surface area contributed by atoms with E-state index in [0.29, 0.717) is 22.8 Å². The van der Waals surface area contributed by atoms with E-state index in [0.717, 1.165) is 0 Å². The minimum Gasteiger partial charge on any atom is -0.361 e. The third kappa shape index (κ3) is 3.14. The highest BCUT2D eigenvalue weighted by Gasteiger charge is 2.16. The smallest absolute Gasteiger partial charge is 0.241 e. The Morgan fingerprint density at radius 2 is 2.11 bits per heavy atom. The molecule has 96 valence electrons. The van der Waals surface area contributed by atoms with Crippen molar-refractivity contribution in [3.63, 3.8) is 0 Å². The average molecular weight is 266 g/mol. The Hall–Kier alpha value is -1.73. The topological polar surface area (TPSA) is 47.3 Å². The van der Waals surface area contributed by atoms with E-state index in [2.05, 4.69) is 6.07 Å². The zero-order valence-electron chi connectivity index (χ0n) is 10.8. The van der Waals surface area contributed by atoms with E-state index in [9.17, 15) is 4.79 Å². The summed E-state index contributed by atoms with van der Waals surface area (Å²) in [6.45, 7) is 2.80. The maximum Gasteiger partial charge on any atom is 0.241 e. The van der Waals surface area contributed by atoms with Crippen molar-refractivity contribution < 1.29 is 4.79 Å². The Morgan fingerprint density at radius 1 is 1.44 bits per heavy atom. The molecule has 0 saturated heterocycles. The van der Waals surface area contributed by atoms with Crippen LogP contribution in [0.3, 0.4) is 0 Å². The van der Waals surface area contributed by atoms with E-state index < -0.39 is 0 Å². The van der Waals surface area contributed by atoms with Crippen LogP contribution in [0.4, 0.5) is 5.69 Å². The van der Waals surface area contributed by atoms with Crippen LogP contribution >= 0.6 is 11.6 Å². The van der Waals surface area contributed by atoms with Crippen LogP contribution in [0.25, 0.3) is 0 Å². The zero-order valence-corrected chi connectivity index (χ0v) is 11.5. The summed E-state index contributed by atoms with van der Waals surface area (Å²) in [5, 5.41) is 9.54. The second kappa shape index (κ2) is 6.27. The molecule has 18 heavy (non-hydrogen) atoms. The van der Waals surface area contributed by atoms with Crippen molar-refractivity contribution in [1.29, 1.82) is 5.26 Å². The second-order valence-corrected chi connectivity index (χ2v) is 4.46. The van der Waals surface area contributed by atoms with Gasteiger partial charge in [-0.2, -0.15) is 5.26 Å². The van der Waals surface area contributed by atoms with Gasteiger partial charge >= 0.3 is 0 Å². The van der Waals surface area contributed by atoms with Gasteiger partial charge in [-0.05, 0) is 19.1 Å². The molecule has 1 aromatic carbocycles. The number of nitrogens with zero attached hydrogens (tertiary/aromatic N) is 3. The molecule has 0 atom stereocenters. The van der Waals surface area contributed by atoms with E-state index >= 15 is 0 Å². The fourth-order valence-electron chi connectivity index (χ4n) is 1.56. The minimum absolute atomic E-state index is 0.0132. The highest BCUT2D eigenvalue weighted by Crippen LogP contribution is 2.26. The van der Waals surface area contributed by atoms with E-state index in [1.54, 1.807) is 32.3 Å². The molecule has 0 aliphatic rings. The molecule has 0 spiro atoms. The molecule has 0 N–H and O–H groups in total. The molecule has 0 saturated carbocycles. The molecule has 0 bridgehead atoms. The molecule has 0 heterocycles. The molecule has 0 radical (unpaired) electrons. The largest absolute Gasteiger partial charge is 0.361 e. The number of carbonyl (C=O) groups excluding carboxylic acids is 1. The molecule has 0 unspecified atom stereocenters. The van der Waals surface area contributed by atoms with Crippen molar-refractivity contribution in [1.82, 2.24) is 4.90 Å². The standard InChI is InChI=1S/C13H16ClN3O/c1-4-17(9-13(18)16(2)3)12-7-5-6-11(14)10(12)8-15/h5-7H,4,9H2,1-3H3. The molecule has 1 rings (SSSR count). The van der Waals surface area contributed by atoms with Crippen LogP contribution in [0, 0.1) is 11.3 Å². The van der Waals surface area contributed by atoms with E-state index in [-0.39, 0.29) is 12.5 Å². The first-order chi connectivity index (χ1) is 8.51. The number of rotatable bonds is 4. The first-order valence-corrected chi connectivity index (χ1v) is 6.02. The van der Waals surface area contributed by atoms with Crippen LogP contribution < -0.4 is 4.90 Å². The average Bonchev–Trinajstić information content (AvgIpc) is 2.35. The molecule has 0 aliphatic carbocycles. The summed E-state index contributed by atoms with van der Waals surface area (Å²) in [6.07, 6.45) is 0. The SMILES string of the molecule is CCN(CC(=O)N(C)C)c1cccc(Cl)c1C#N. The predicted molar refractivity (Wildman–Crippen MR) is 72.7 cm³/mol. The molecule has 0 aliphatic heterocycles. The monoisotopic (exact) mass is 265 g/mol. The van der Waals surface area contributed by atoms with Gasteiger partial charge in [0, 0.05) is 20.6 Å². The molecular formula is C13H16ClN3O. The molecule has 4 nitrogen and oxygen atoms in total. The van der Waals surface area contributed by atoms with Crippen molar-refractivity contribution in [3.8, 4) is 6.07 Å². The highest BCUT2D eigenvalue weighted by molar-refractivity contribution is 6.32. The third-order valence-corrected chi connectivity index (χ3v) is 2.97. The lowest BCUT2D eigenvalue weighted by Crippen LogP contribution is -2.36. The van der Waals surface area contributed by atoms with Crippen LogP contribution in [-0.4, -0.2) is 38.0 Å². The molecule has 0 aromatic heterocycles. The van der Waals surface area contributed by atoms with Crippen molar-refractivity contribution in [2.24, 2.45) is 0 Å². The number of likely N-dealkylation sites (N-methyl/N-ethyl adjacent to an activating group) is 2. The Bertz CT molecular complexity index is 480. The van der Waals surface area contributed by atoms with Crippen molar-refractivity contribution >= 4 is 23.2 Å². The zero-order chi connectivity index (χ0) is 13.7. The van der Waals surface area contributed by atoms with E-state index in [1.165, 1.54) is 4.90 Å². The first-order valence-electron chi connectivity index (χ1n) is 5.65. The van der Waals surface area contributed by atoms with Crippen molar-refractivity contribution in [3.05, 3.63) is 28.8 Å². The summed E-state index contributed by atoms with van der Waals surface area (Å²) >= 11 is 5.99. The quantitative estimate of drug-likeness (QED) is 0.838. The fourth-order valence-corrected chi connectivity index (χ4v) is 1.77. The van der Waals surface area contributed by atoms with Gasteiger partial charge in [0.15, 0.2) is 0 Å². The second-order valence-electron chi connectivity index (χ2n) is 4.05. The molecular weight excluding hydrogens is 250 g/mol. The maximum atomic E-state index is 11.7. The minimum atomic E-state index is -0.0132. The number of nitriles is 1. The lowest BCUT2D eigenvalue weighted by molar-refractivity contribution is -0.127. The summed E-state index contributed by atoms with van der Waals surface area (Å²) in [6, 6.07) is 7.34. The van der Waals surface area contributed by atoms with Gasteiger partial charge < -0.3 is 9.80 Å². The molecule has 1 amide bonds. The van der Waals surface area contributed by atoms with Crippen LogP contribution in [0.2, 0.25) is 5.02 Å². The molecule has 0 fully saturated rings. The summed E-state index contributed by atoms with van der Waals surface area (Å²) < 4.78 is 0. The van der Waals surface area contributed by atoms with Gasteiger partial charge in [0.2, 0.25) is 5.91 Å². The molecule has 5 heteroatoms. The van der Waals surface area contributed by atoms with Crippen LogP contribution in [0.15, 0.2) is 18.2 Å². The highest BCUT2D eigenvalue weighted by atomic mass is 35.5. The number of halogens is 1. The summed E-state index contributed by atoms with van der Waals surface area (Å²) in [7, 11) is 3.42.